The van der Waals surface area contributed by atoms with Crippen molar-refractivity contribution in [2.24, 2.45) is 4.99 Å². The topological polar surface area (TPSA) is 30.2 Å². The van der Waals surface area contributed by atoms with E-state index < -0.39 is 0 Å². The van der Waals surface area contributed by atoms with Gasteiger partial charge in [-0.2, -0.15) is 10.1 Å². The van der Waals surface area contributed by atoms with Crippen LogP contribution in [0, 0.1) is 13.8 Å². The molecular formula is C13H11Cl2N3S. The van der Waals surface area contributed by atoms with Crippen LogP contribution in [0.4, 0.5) is 5.69 Å². The summed E-state index contributed by atoms with van der Waals surface area (Å²) in [4.78, 5) is 4.03. The average Bonchev–Trinajstić information content (AvgIpc) is 2.62. The van der Waals surface area contributed by atoms with E-state index >= 15 is 0 Å². The van der Waals surface area contributed by atoms with Crippen molar-refractivity contribution in [3.8, 4) is 0 Å². The normalized spacial score (nSPS) is 10.3. The molecule has 98 valence electrons. The highest BCUT2D eigenvalue weighted by atomic mass is 35.5. The van der Waals surface area contributed by atoms with Crippen molar-refractivity contribution in [3.05, 3.63) is 45.2 Å². The van der Waals surface area contributed by atoms with Crippen LogP contribution in [-0.2, 0) is 6.54 Å². The van der Waals surface area contributed by atoms with E-state index in [0.717, 1.165) is 22.6 Å². The SMILES string of the molecule is Cc1nn(Cc2ccc(Cl)c(Cl)c2)c(C)c1N=C=S. The third-order valence-corrected chi connectivity index (χ3v) is 3.65. The molecule has 6 heteroatoms. The summed E-state index contributed by atoms with van der Waals surface area (Å²) >= 11 is 16.5. The molecule has 0 spiro atoms. The lowest BCUT2D eigenvalue weighted by atomic mass is 10.2. The van der Waals surface area contributed by atoms with Gasteiger partial charge in [-0.15, -0.1) is 0 Å². The summed E-state index contributed by atoms with van der Waals surface area (Å²) < 4.78 is 1.86. The summed E-state index contributed by atoms with van der Waals surface area (Å²) in [7, 11) is 0. The Morgan fingerprint density at radius 1 is 1.32 bits per heavy atom. The monoisotopic (exact) mass is 311 g/mol. The molecule has 0 aliphatic rings. The predicted molar refractivity (Wildman–Crippen MR) is 82.0 cm³/mol. The molecule has 0 amide bonds. The smallest absolute Gasteiger partial charge is 0.118 e. The molecule has 0 N–H and O–H groups in total. The number of nitrogens with zero attached hydrogens (tertiary/aromatic N) is 3. The Balaban J connectivity index is 2.36. The minimum Gasteiger partial charge on any atom is -0.263 e. The first-order valence-corrected chi connectivity index (χ1v) is 6.75. The summed E-state index contributed by atoms with van der Waals surface area (Å²) in [6.45, 7) is 4.45. The Morgan fingerprint density at radius 2 is 2.05 bits per heavy atom. The van der Waals surface area contributed by atoms with E-state index in [4.69, 9.17) is 23.2 Å². The first kappa shape index (κ1) is 14.2. The number of hydrogen-bond donors (Lipinski definition) is 0. The zero-order valence-electron chi connectivity index (χ0n) is 10.4. The molecule has 1 aromatic carbocycles. The Labute approximate surface area is 126 Å². The van der Waals surface area contributed by atoms with E-state index in [1.807, 2.05) is 30.7 Å². The van der Waals surface area contributed by atoms with Crippen molar-refractivity contribution in [3.63, 3.8) is 0 Å². The van der Waals surface area contributed by atoms with Crippen molar-refractivity contribution in [2.75, 3.05) is 0 Å². The standard InChI is InChI=1S/C13H11Cl2N3S/c1-8-13(16-7-19)9(2)18(17-8)6-10-3-4-11(14)12(15)5-10/h3-5H,6H2,1-2H3. The van der Waals surface area contributed by atoms with E-state index in [9.17, 15) is 0 Å². The molecule has 0 aliphatic carbocycles. The third-order valence-electron chi connectivity index (χ3n) is 2.82. The van der Waals surface area contributed by atoms with E-state index in [0.29, 0.717) is 16.6 Å². The molecule has 2 aromatic rings. The van der Waals surface area contributed by atoms with Gasteiger partial charge in [0.05, 0.1) is 33.1 Å². The van der Waals surface area contributed by atoms with Crippen molar-refractivity contribution in [2.45, 2.75) is 20.4 Å². The first-order chi connectivity index (χ1) is 9.02. The number of aliphatic imine (C=N–C) groups is 1. The molecule has 0 atom stereocenters. The Bertz CT molecular complexity index is 673. The van der Waals surface area contributed by atoms with E-state index in [1.165, 1.54) is 0 Å². The first-order valence-electron chi connectivity index (χ1n) is 5.58. The molecule has 0 radical (unpaired) electrons. The quantitative estimate of drug-likeness (QED) is 0.613. The van der Waals surface area contributed by atoms with Crippen LogP contribution in [0.3, 0.4) is 0 Å². The van der Waals surface area contributed by atoms with Gasteiger partial charge in [0.1, 0.15) is 5.69 Å². The molecule has 0 aliphatic heterocycles. The lowest BCUT2D eigenvalue weighted by molar-refractivity contribution is 0.659. The number of aromatic nitrogens is 2. The molecule has 0 bridgehead atoms. The third kappa shape index (κ3) is 3.04. The van der Waals surface area contributed by atoms with Crippen molar-refractivity contribution in [1.29, 1.82) is 0 Å². The van der Waals surface area contributed by atoms with Gasteiger partial charge in [0.2, 0.25) is 0 Å². The fourth-order valence-electron chi connectivity index (χ4n) is 1.86. The van der Waals surface area contributed by atoms with Gasteiger partial charge in [-0.3, -0.25) is 4.68 Å². The molecule has 1 heterocycles. The van der Waals surface area contributed by atoms with Crippen molar-refractivity contribution < 1.29 is 0 Å². The van der Waals surface area contributed by atoms with Crippen LogP contribution in [0.1, 0.15) is 17.0 Å². The average molecular weight is 312 g/mol. The maximum Gasteiger partial charge on any atom is 0.118 e. The molecule has 0 saturated carbocycles. The van der Waals surface area contributed by atoms with Crippen molar-refractivity contribution in [1.82, 2.24) is 9.78 Å². The zero-order valence-corrected chi connectivity index (χ0v) is 12.8. The Morgan fingerprint density at radius 3 is 2.68 bits per heavy atom. The number of hydrogen-bond acceptors (Lipinski definition) is 3. The second-order valence-electron chi connectivity index (χ2n) is 4.13. The van der Waals surface area contributed by atoms with Gasteiger partial charge in [0.15, 0.2) is 0 Å². The molecule has 19 heavy (non-hydrogen) atoms. The number of halogens is 2. The van der Waals surface area contributed by atoms with Crippen LogP contribution in [0.25, 0.3) is 0 Å². The lowest BCUT2D eigenvalue weighted by Gasteiger charge is -2.06. The number of rotatable bonds is 3. The summed E-state index contributed by atoms with van der Waals surface area (Å²) in [5, 5.41) is 7.90. The highest BCUT2D eigenvalue weighted by Crippen LogP contribution is 2.25. The maximum atomic E-state index is 6.00. The lowest BCUT2D eigenvalue weighted by Crippen LogP contribution is -2.03. The molecular weight excluding hydrogens is 301 g/mol. The fourth-order valence-corrected chi connectivity index (χ4v) is 2.27. The van der Waals surface area contributed by atoms with Gasteiger partial charge in [-0.25, -0.2) is 0 Å². The van der Waals surface area contributed by atoms with E-state index in [1.54, 1.807) is 6.07 Å². The predicted octanol–water partition coefficient (Wildman–Crippen LogP) is 4.59. The van der Waals surface area contributed by atoms with Crippen LogP contribution in [-0.4, -0.2) is 14.9 Å². The van der Waals surface area contributed by atoms with Crippen molar-refractivity contribution >= 4 is 46.3 Å². The van der Waals surface area contributed by atoms with Gasteiger partial charge >= 0.3 is 0 Å². The molecule has 0 saturated heterocycles. The molecule has 1 aromatic heterocycles. The minimum atomic E-state index is 0.540. The molecule has 3 nitrogen and oxygen atoms in total. The van der Waals surface area contributed by atoms with Gasteiger partial charge in [0.25, 0.3) is 0 Å². The van der Waals surface area contributed by atoms with E-state index in [-0.39, 0.29) is 0 Å². The highest BCUT2D eigenvalue weighted by Gasteiger charge is 2.11. The minimum absolute atomic E-state index is 0.540. The van der Waals surface area contributed by atoms with Crippen LogP contribution < -0.4 is 0 Å². The zero-order chi connectivity index (χ0) is 14.0. The number of thiocarbonyl (C=S) groups is 1. The van der Waals surface area contributed by atoms with Crippen LogP contribution >= 0.6 is 35.4 Å². The molecule has 0 unspecified atom stereocenters. The fraction of sp³-hybridized carbons (Fsp3) is 0.231. The van der Waals surface area contributed by atoms with Gasteiger partial charge in [0, 0.05) is 0 Å². The highest BCUT2D eigenvalue weighted by molar-refractivity contribution is 7.78. The summed E-state index contributed by atoms with van der Waals surface area (Å²) in [5.74, 6) is 0. The molecule has 2 rings (SSSR count). The molecule has 0 fully saturated rings. The summed E-state index contributed by atoms with van der Waals surface area (Å²) in [6.07, 6.45) is 0. The van der Waals surface area contributed by atoms with Crippen LogP contribution in [0.5, 0.6) is 0 Å². The number of benzene rings is 1. The second-order valence-corrected chi connectivity index (χ2v) is 5.13. The summed E-state index contributed by atoms with van der Waals surface area (Å²) in [6, 6.07) is 5.54. The van der Waals surface area contributed by atoms with Gasteiger partial charge in [-0.05, 0) is 43.8 Å². The van der Waals surface area contributed by atoms with Crippen LogP contribution in [0.15, 0.2) is 23.2 Å². The van der Waals surface area contributed by atoms with Crippen LogP contribution in [0.2, 0.25) is 10.0 Å². The largest absolute Gasteiger partial charge is 0.263 e. The number of aryl methyl sites for hydroxylation is 1. The Kier molecular flexibility index (Phi) is 4.38. The Hall–Kier alpha value is -1.19. The number of isothiocyanates is 1. The maximum absolute atomic E-state index is 6.00. The van der Waals surface area contributed by atoms with Gasteiger partial charge in [-0.1, -0.05) is 29.3 Å². The van der Waals surface area contributed by atoms with E-state index in [2.05, 4.69) is 27.5 Å². The van der Waals surface area contributed by atoms with Gasteiger partial charge < -0.3 is 0 Å². The second kappa shape index (κ2) is 5.85. The summed E-state index contributed by atoms with van der Waals surface area (Å²) in [5.41, 5.74) is 3.57.